The summed E-state index contributed by atoms with van der Waals surface area (Å²) in [5, 5.41) is 20.6. The van der Waals surface area contributed by atoms with E-state index in [2.05, 4.69) is 27.0 Å². The lowest BCUT2D eigenvalue weighted by molar-refractivity contribution is 0.0778. The molecule has 2 aliphatic rings. The molecule has 6 heteroatoms. The number of allylic oxidation sites excluding steroid dienone is 4. The van der Waals surface area contributed by atoms with Crippen molar-refractivity contribution >= 4 is 15.9 Å². The van der Waals surface area contributed by atoms with Crippen molar-refractivity contribution in [3.05, 3.63) is 75.8 Å². The fraction of sp³-hybridized carbons (Fsp3) is 0.300. The Labute approximate surface area is 159 Å². The van der Waals surface area contributed by atoms with Crippen LogP contribution in [0, 0.1) is 17.2 Å². The van der Waals surface area contributed by atoms with E-state index in [1.54, 1.807) is 31.6 Å². The highest BCUT2D eigenvalue weighted by molar-refractivity contribution is 9.10. The Bertz CT molecular complexity index is 973. The molecule has 0 bridgehead atoms. The number of halogens is 2. The van der Waals surface area contributed by atoms with Crippen molar-refractivity contribution in [3.8, 4) is 6.07 Å². The summed E-state index contributed by atoms with van der Waals surface area (Å²) < 4.78 is 17.8. The van der Waals surface area contributed by atoms with Gasteiger partial charge in [-0.05, 0) is 29.3 Å². The monoisotopic (exact) mass is 413 g/mol. The van der Waals surface area contributed by atoms with Crippen molar-refractivity contribution in [2.45, 2.75) is 31.2 Å². The Kier molecular flexibility index (Phi) is 4.09. The van der Waals surface area contributed by atoms with E-state index < -0.39 is 17.7 Å². The van der Waals surface area contributed by atoms with E-state index in [4.69, 9.17) is 5.26 Å². The Balaban J connectivity index is 1.79. The summed E-state index contributed by atoms with van der Waals surface area (Å²) in [4.78, 5) is 4.18. The number of rotatable bonds is 2. The van der Waals surface area contributed by atoms with E-state index in [1.807, 2.05) is 28.8 Å². The quantitative estimate of drug-likeness (QED) is 0.802. The average molecular weight is 414 g/mol. The first-order chi connectivity index (χ1) is 12.5. The second kappa shape index (κ2) is 6.19. The Morgan fingerprint density at radius 3 is 2.96 bits per heavy atom. The van der Waals surface area contributed by atoms with E-state index in [0.29, 0.717) is 23.3 Å². The van der Waals surface area contributed by atoms with Crippen LogP contribution in [0.5, 0.6) is 0 Å². The summed E-state index contributed by atoms with van der Waals surface area (Å²) in [6.07, 6.45) is 5.71. The van der Waals surface area contributed by atoms with Gasteiger partial charge in [-0.25, -0.2) is 9.37 Å². The van der Waals surface area contributed by atoms with Crippen LogP contribution in [0.4, 0.5) is 4.39 Å². The molecule has 1 N–H and O–H groups in total. The minimum atomic E-state index is -1.26. The van der Waals surface area contributed by atoms with Gasteiger partial charge in [-0.1, -0.05) is 41.1 Å². The van der Waals surface area contributed by atoms with Crippen LogP contribution in [0.1, 0.15) is 30.6 Å². The molecule has 0 amide bonds. The number of imidazole rings is 1. The van der Waals surface area contributed by atoms with Crippen molar-refractivity contribution in [2.24, 2.45) is 5.92 Å². The van der Waals surface area contributed by atoms with E-state index in [-0.39, 0.29) is 6.04 Å². The standard InChI is InChI=1S/C20H17BrFN3O/c1-12-13(9-23)5-6-16(19(12)22)17-8-20(26,18-10-24-11-25(17)18)14-3-2-4-15(21)7-14/h2-7,10-12,17,19,26H,8H2,1H3/t12?,17-,19?,20?/m1/s1. The van der Waals surface area contributed by atoms with Crippen molar-refractivity contribution in [2.75, 3.05) is 0 Å². The number of hydrogen-bond donors (Lipinski definition) is 1. The number of nitriles is 1. The molecule has 2 heterocycles. The van der Waals surface area contributed by atoms with Gasteiger partial charge in [-0.2, -0.15) is 5.26 Å². The third-order valence-corrected chi connectivity index (χ3v) is 5.93. The van der Waals surface area contributed by atoms with Crippen LogP contribution in [-0.2, 0) is 5.60 Å². The maximum atomic E-state index is 15.1. The lowest BCUT2D eigenvalue weighted by atomic mass is 9.81. The fourth-order valence-electron chi connectivity index (χ4n) is 3.96. The highest BCUT2D eigenvalue weighted by Crippen LogP contribution is 2.49. The molecule has 0 fully saturated rings. The van der Waals surface area contributed by atoms with Crippen molar-refractivity contribution < 1.29 is 9.50 Å². The number of alkyl halides is 1. The van der Waals surface area contributed by atoms with Gasteiger partial charge in [0.25, 0.3) is 0 Å². The molecule has 4 atom stereocenters. The first-order valence-electron chi connectivity index (χ1n) is 8.42. The average Bonchev–Trinajstić information content (AvgIpc) is 3.21. The van der Waals surface area contributed by atoms with Gasteiger partial charge >= 0.3 is 0 Å². The van der Waals surface area contributed by atoms with Gasteiger partial charge in [0.1, 0.15) is 11.8 Å². The summed E-state index contributed by atoms with van der Waals surface area (Å²) in [7, 11) is 0. The highest BCUT2D eigenvalue weighted by atomic mass is 79.9. The van der Waals surface area contributed by atoms with Crippen LogP contribution in [-0.4, -0.2) is 20.8 Å². The predicted molar refractivity (Wildman–Crippen MR) is 98.9 cm³/mol. The van der Waals surface area contributed by atoms with Crippen molar-refractivity contribution in [1.82, 2.24) is 9.55 Å². The zero-order valence-electron chi connectivity index (χ0n) is 14.1. The molecule has 1 aromatic heterocycles. The topological polar surface area (TPSA) is 61.8 Å². The maximum absolute atomic E-state index is 15.1. The third kappa shape index (κ3) is 2.46. The minimum Gasteiger partial charge on any atom is -0.379 e. The first-order valence-corrected chi connectivity index (χ1v) is 9.21. The van der Waals surface area contributed by atoms with Gasteiger partial charge in [-0.3, -0.25) is 0 Å². The van der Waals surface area contributed by atoms with Gasteiger partial charge in [0.05, 0.1) is 30.3 Å². The molecule has 0 saturated heterocycles. The number of fused-ring (bicyclic) bond motifs is 1. The van der Waals surface area contributed by atoms with Crippen molar-refractivity contribution in [3.63, 3.8) is 0 Å². The highest BCUT2D eigenvalue weighted by Gasteiger charge is 2.47. The smallest absolute Gasteiger partial charge is 0.133 e. The number of nitrogens with zero attached hydrogens (tertiary/aromatic N) is 3. The summed E-state index contributed by atoms with van der Waals surface area (Å²) in [6.45, 7) is 1.72. The summed E-state index contributed by atoms with van der Waals surface area (Å²) >= 11 is 3.44. The molecular weight excluding hydrogens is 397 g/mol. The predicted octanol–water partition coefficient (Wildman–Crippen LogP) is 4.19. The molecule has 1 aromatic carbocycles. The fourth-order valence-corrected chi connectivity index (χ4v) is 4.36. The maximum Gasteiger partial charge on any atom is 0.133 e. The van der Waals surface area contributed by atoms with E-state index in [0.717, 1.165) is 10.0 Å². The van der Waals surface area contributed by atoms with E-state index >= 15 is 4.39 Å². The molecule has 0 radical (unpaired) electrons. The zero-order chi connectivity index (χ0) is 18.5. The van der Waals surface area contributed by atoms with Gasteiger partial charge in [0.2, 0.25) is 0 Å². The molecule has 3 unspecified atom stereocenters. The molecule has 0 spiro atoms. The first kappa shape index (κ1) is 17.2. The molecule has 4 nitrogen and oxygen atoms in total. The van der Waals surface area contributed by atoms with Crippen LogP contribution in [0.2, 0.25) is 0 Å². The SMILES string of the molecule is CC1C(C#N)=CC=C([C@H]2CC(O)(c3cccc(Br)c3)c3cncn32)C1F. The summed E-state index contributed by atoms with van der Waals surface area (Å²) in [6, 6.07) is 9.22. The molecular formula is C20H17BrFN3O. The van der Waals surface area contributed by atoms with Crippen LogP contribution in [0.15, 0.2) is 64.6 Å². The van der Waals surface area contributed by atoms with Gasteiger partial charge in [0.15, 0.2) is 0 Å². The van der Waals surface area contributed by atoms with Crippen LogP contribution in [0.3, 0.4) is 0 Å². The summed E-state index contributed by atoms with van der Waals surface area (Å²) in [5.41, 5.74) is 1.16. The summed E-state index contributed by atoms with van der Waals surface area (Å²) in [5.74, 6) is -0.494. The van der Waals surface area contributed by atoms with E-state index in [9.17, 15) is 5.11 Å². The molecule has 1 aliphatic heterocycles. The molecule has 1 aliphatic carbocycles. The van der Waals surface area contributed by atoms with Gasteiger partial charge in [0, 0.05) is 22.4 Å². The minimum absolute atomic E-state index is 0.329. The van der Waals surface area contributed by atoms with E-state index in [1.165, 1.54) is 0 Å². The number of aromatic nitrogens is 2. The number of hydrogen-bond acceptors (Lipinski definition) is 3. The van der Waals surface area contributed by atoms with Crippen LogP contribution >= 0.6 is 15.9 Å². The Hall–Kier alpha value is -2.23. The van der Waals surface area contributed by atoms with Gasteiger partial charge in [-0.15, -0.1) is 0 Å². The molecule has 0 saturated carbocycles. The Morgan fingerprint density at radius 1 is 1.42 bits per heavy atom. The lowest BCUT2D eigenvalue weighted by Gasteiger charge is -2.28. The van der Waals surface area contributed by atoms with Crippen LogP contribution < -0.4 is 0 Å². The largest absolute Gasteiger partial charge is 0.379 e. The van der Waals surface area contributed by atoms with Crippen molar-refractivity contribution in [1.29, 1.82) is 5.26 Å². The third-order valence-electron chi connectivity index (χ3n) is 5.43. The number of aliphatic hydroxyl groups is 1. The Morgan fingerprint density at radius 2 is 2.23 bits per heavy atom. The molecule has 4 rings (SSSR count). The molecule has 2 aromatic rings. The lowest BCUT2D eigenvalue weighted by Crippen LogP contribution is -2.27. The molecule has 132 valence electrons. The number of benzene rings is 1. The second-order valence-corrected chi connectivity index (χ2v) is 7.78. The normalized spacial score (nSPS) is 30.3. The second-order valence-electron chi connectivity index (χ2n) is 6.87. The van der Waals surface area contributed by atoms with Gasteiger partial charge < -0.3 is 9.67 Å². The zero-order valence-corrected chi connectivity index (χ0v) is 15.7. The molecule has 26 heavy (non-hydrogen) atoms. The van der Waals surface area contributed by atoms with Crippen LogP contribution in [0.25, 0.3) is 0 Å².